The fourth-order valence-corrected chi connectivity index (χ4v) is 4.77. The Morgan fingerprint density at radius 2 is 1.72 bits per heavy atom. The van der Waals surface area contributed by atoms with Crippen molar-refractivity contribution in [2.75, 3.05) is 19.6 Å². The molecule has 1 saturated carbocycles. The van der Waals surface area contributed by atoms with Crippen molar-refractivity contribution in [3.05, 3.63) is 0 Å². The summed E-state index contributed by atoms with van der Waals surface area (Å²) < 4.78 is 28.3. The summed E-state index contributed by atoms with van der Waals surface area (Å²) in [5, 5.41) is 0. The monoisotopic (exact) mass is 270 g/mol. The highest BCUT2D eigenvalue weighted by Gasteiger charge is 2.36. The molecule has 0 atom stereocenters. The Morgan fingerprint density at radius 1 is 1.11 bits per heavy atom. The molecule has 2 rings (SSSR count). The lowest BCUT2D eigenvalue weighted by molar-refractivity contribution is 0.255. The van der Waals surface area contributed by atoms with E-state index in [0.717, 1.165) is 38.5 Å². The number of nitrogens with zero attached hydrogens (tertiary/aromatic N) is 2. The van der Waals surface area contributed by atoms with Crippen molar-refractivity contribution in [2.45, 2.75) is 51.0 Å². The Bertz CT molecular complexity index is 401. The van der Waals surface area contributed by atoms with E-state index in [9.17, 15) is 8.42 Å². The molecule has 0 bridgehead atoms. The molecule has 0 aromatic carbocycles. The van der Waals surface area contributed by atoms with Gasteiger partial charge in [0, 0.05) is 19.1 Å². The van der Waals surface area contributed by atoms with Gasteiger partial charge in [-0.15, -0.1) is 6.42 Å². The first-order chi connectivity index (χ1) is 8.66. The summed E-state index contributed by atoms with van der Waals surface area (Å²) in [6, 6.07) is 0.111. The maximum Gasteiger partial charge on any atom is 0.283 e. The Morgan fingerprint density at radius 3 is 2.28 bits per heavy atom. The third kappa shape index (κ3) is 2.87. The van der Waals surface area contributed by atoms with E-state index in [0.29, 0.717) is 13.1 Å². The predicted octanol–water partition coefficient (Wildman–Crippen LogP) is 1.59. The molecule has 5 heteroatoms. The van der Waals surface area contributed by atoms with Gasteiger partial charge in [0.25, 0.3) is 10.2 Å². The molecule has 0 N–H and O–H groups in total. The first kappa shape index (κ1) is 13.9. The first-order valence-corrected chi connectivity index (χ1v) is 8.26. The SMILES string of the molecule is C#CCN(C1CCCCC1)S(=O)(=O)N1CCCC1. The highest BCUT2D eigenvalue weighted by molar-refractivity contribution is 7.86. The zero-order chi connectivity index (χ0) is 13.0. The lowest BCUT2D eigenvalue weighted by Gasteiger charge is -2.34. The summed E-state index contributed by atoms with van der Waals surface area (Å²) in [6.45, 7) is 1.51. The average Bonchev–Trinajstić information content (AvgIpc) is 2.91. The Hall–Kier alpha value is -0.570. The van der Waals surface area contributed by atoms with Gasteiger partial charge >= 0.3 is 0 Å². The smallest absolute Gasteiger partial charge is 0.195 e. The summed E-state index contributed by atoms with van der Waals surface area (Å²) in [7, 11) is -3.34. The lowest BCUT2D eigenvalue weighted by atomic mass is 9.95. The summed E-state index contributed by atoms with van der Waals surface area (Å²) in [5.41, 5.74) is 0. The summed E-state index contributed by atoms with van der Waals surface area (Å²) in [4.78, 5) is 0. The number of hydrogen-bond acceptors (Lipinski definition) is 2. The molecular weight excluding hydrogens is 248 g/mol. The van der Waals surface area contributed by atoms with Gasteiger partial charge in [-0.25, -0.2) is 0 Å². The molecule has 1 heterocycles. The first-order valence-electron chi connectivity index (χ1n) is 6.86. The van der Waals surface area contributed by atoms with Crippen LogP contribution in [0.4, 0.5) is 0 Å². The second-order valence-electron chi connectivity index (χ2n) is 5.16. The van der Waals surface area contributed by atoms with E-state index in [2.05, 4.69) is 5.92 Å². The van der Waals surface area contributed by atoms with Gasteiger partial charge < -0.3 is 0 Å². The van der Waals surface area contributed by atoms with Gasteiger partial charge in [0.05, 0.1) is 6.54 Å². The van der Waals surface area contributed by atoms with E-state index >= 15 is 0 Å². The van der Waals surface area contributed by atoms with Crippen LogP contribution in [0.2, 0.25) is 0 Å². The highest BCUT2D eigenvalue weighted by Crippen LogP contribution is 2.27. The van der Waals surface area contributed by atoms with Crippen LogP contribution in [0.15, 0.2) is 0 Å². The third-order valence-corrected chi connectivity index (χ3v) is 5.95. The van der Waals surface area contributed by atoms with Crippen molar-refractivity contribution in [3.8, 4) is 12.3 Å². The van der Waals surface area contributed by atoms with Crippen molar-refractivity contribution in [1.29, 1.82) is 0 Å². The maximum absolute atomic E-state index is 12.6. The van der Waals surface area contributed by atoms with Gasteiger partial charge in [-0.05, 0) is 25.7 Å². The lowest BCUT2D eigenvalue weighted by Crippen LogP contribution is -2.48. The molecule has 1 saturated heterocycles. The number of rotatable bonds is 4. The van der Waals surface area contributed by atoms with E-state index in [4.69, 9.17) is 6.42 Å². The molecule has 2 fully saturated rings. The van der Waals surface area contributed by atoms with Gasteiger partial charge in [-0.2, -0.15) is 17.0 Å². The van der Waals surface area contributed by atoms with Crippen LogP contribution in [-0.2, 0) is 10.2 Å². The van der Waals surface area contributed by atoms with Crippen molar-refractivity contribution >= 4 is 10.2 Å². The van der Waals surface area contributed by atoms with Gasteiger partial charge in [0.2, 0.25) is 0 Å². The van der Waals surface area contributed by atoms with Crippen LogP contribution in [0.1, 0.15) is 44.9 Å². The van der Waals surface area contributed by atoms with E-state index in [1.807, 2.05) is 0 Å². The fraction of sp³-hybridized carbons (Fsp3) is 0.846. The normalized spacial score (nSPS) is 23.3. The molecule has 0 aromatic rings. The maximum atomic E-state index is 12.6. The molecule has 2 aliphatic rings. The van der Waals surface area contributed by atoms with Crippen LogP contribution in [0, 0.1) is 12.3 Å². The van der Waals surface area contributed by atoms with E-state index < -0.39 is 10.2 Å². The van der Waals surface area contributed by atoms with Gasteiger partial charge in [-0.3, -0.25) is 0 Å². The minimum Gasteiger partial charge on any atom is -0.195 e. The molecule has 0 unspecified atom stereocenters. The van der Waals surface area contributed by atoms with Crippen molar-refractivity contribution in [1.82, 2.24) is 8.61 Å². The van der Waals surface area contributed by atoms with Gasteiger partial charge in [-0.1, -0.05) is 25.2 Å². The Balaban J connectivity index is 2.15. The standard InChI is InChI=1S/C13H22N2O2S/c1-2-10-15(13-8-4-3-5-9-13)18(16,17)14-11-6-7-12-14/h1,13H,3-12H2. The Kier molecular flexibility index (Phi) is 4.66. The summed E-state index contributed by atoms with van der Waals surface area (Å²) >= 11 is 0. The molecule has 0 amide bonds. The van der Waals surface area contributed by atoms with Crippen LogP contribution in [0.3, 0.4) is 0 Å². The fourth-order valence-electron chi connectivity index (χ4n) is 2.93. The molecule has 1 aliphatic heterocycles. The van der Waals surface area contributed by atoms with E-state index in [1.54, 1.807) is 8.61 Å². The van der Waals surface area contributed by atoms with Crippen molar-refractivity contribution in [2.24, 2.45) is 0 Å². The Labute approximate surface area is 111 Å². The molecule has 102 valence electrons. The number of hydrogen-bond donors (Lipinski definition) is 0. The van der Waals surface area contributed by atoms with E-state index in [-0.39, 0.29) is 12.6 Å². The minimum absolute atomic E-state index is 0.111. The average molecular weight is 270 g/mol. The van der Waals surface area contributed by atoms with E-state index in [1.165, 1.54) is 6.42 Å². The van der Waals surface area contributed by atoms with Crippen molar-refractivity contribution in [3.63, 3.8) is 0 Å². The van der Waals surface area contributed by atoms with Crippen LogP contribution >= 0.6 is 0 Å². The summed E-state index contributed by atoms with van der Waals surface area (Å²) in [6.07, 6.45) is 12.6. The molecule has 0 radical (unpaired) electrons. The number of terminal acetylenes is 1. The third-order valence-electron chi connectivity index (χ3n) is 3.92. The molecule has 4 nitrogen and oxygen atoms in total. The van der Waals surface area contributed by atoms with Crippen LogP contribution in [0.5, 0.6) is 0 Å². The molecular formula is C13H22N2O2S. The second kappa shape index (κ2) is 6.05. The topological polar surface area (TPSA) is 40.6 Å². The van der Waals surface area contributed by atoms with Gasteiger partial charge in [0.1, 0.15) is 0 Å². The zero-order valence-corrected chi connectivity index (χ0v) is 11.7. The molecule has 0 aromatic heterocycles. The van der Waals surface area contributed by atoms with Crippen LogP contribution < -0.4 is 0 Å². The molecule has 18 heavy (non-hydrogen) atoms. The zero-order valence-electron chi connectivity index (χ0n) is 10.8. The van der Waals surface area contributed by atoms with Crippen LogP contribution in [-0.4, -0.2) is 42.7 Å². The second-order valence-corrected chi connectivity index (χ2v) is 7.04. The quantitative estimate of drug-likeness (QED) is 0.728. The largest absolute Gasteiger partial charge is 0.283 e. The molecule has 1 aliphatic carbocycles. The minimum atomic E-state index is -3.34. The van der Waals surface area contributed by atoms with Gasteiger partial charge in [0.15, 0.2) is 0 Å². The van der Waals surface area contributed by atoms with Crippen molar-refractivity contribution < 1.29 is 8.42 Å². The van der Waals surface area contributed by atoms with Crippen LogP contribution in [0.25, 0.3) is 0 Å². The highest BCUT2D eigenvalue weighted by atomic mass is 32.2. The molecule has 0 spiro atoms. The predicted molar refractivity (Wildman–Crippen MR) is 72.1 cm³/mol. The summed E-state index contributed by atoms with van der Waals surface area (Å²) in [5.74, 6) is 2.51.